The summed E-state index contributed by atoms with van der Waals surface area (Å²) in [6.07, 6.45) is 0. The van der Waals surface area contributed by atoms with Crippen LogP contribution >= 0.6 is 0 Å². The predicted octanol–water partition coefficient (Wildman–Crippen LogP) is 4.02. The fourth-order valence-corrected chi connectivity index (χ4v) is 3.37. The van der Waals surface area contributed by atoms with Crippen molar-refractivity contribution in [3.05, 3.63) is 59.7 Å². The van der Waals surface area contributed by atoms with Crippen molar-refractivity contribution in [1.29, 1.82) is 0 Å². The molecule has 150 valence electrons. The van der Waals surface area contributed by atoms with E-state index in [0.717, 1.165) is 37.5 Å². The number of nitrogens with zero attached hydrogens (tertiary/aromatic N) is 2. The second kappa shape index (κ2) is 8.55. The molecule has 28 heavy (non-hydrogen) atoms. The number of piperazine rings is 1. The van der Waals surface area contributed by atoms with Crippen molar-refractivity contribution >= 4 is 11.7 Å². The Bertz CT molecular complexity index is 771. The monoisotopic (exact) mass is 381 g/mol. The molecular formula is C23H31N3O2. The lowest BCUT2D eigenvalue weighted by Gasteiger charge is -2.36. The van der Waals surface area contributed by atoms with Crippen molar-refractivity contribution in [3.8, 4) is 5.75 Å². The summed E-state index contributed by atoms with van der Waals surface area (Å²) in [5.41, 5.74) is 3.80. The lowest BCUT2D eigenvalue weighted by molar-refractivity contribution is 0.194. The molecule has 0 aliphatic carbocycles. The minimum atomic E-state index is -0.00134. The summed E-state index contributed by atoms with van der Waals surface area (Å²) >= 11 is 0. The molecule has 0 atom stereocenters. The number of hydrogen-bond acceptors (Lipinski definition) is 3. The number of benzene rings is 2. The molecule has 5 nitrogen and oxygen atoms in total. The van der Waals surface area contributed by atoms with Gasteiger partial charge in [-0.25, -0.2) is 4.79 Å². The van der Waals surface area contributed by atoms with E-state index in [0.29, 0.717) is 6.54 Å². The SMILES string of the molecule is COc1ccc(CNC(=O)N2CCN(c3ccc(C(C)(C)C)cc3)CC2)cc1. The second-order valence-corrected chi connectivity index (χ2v) is 8.28. The van der Waals surface area contributed by atoms with Crippen LogP contribution in [0.5, 0.6) is 5.75 Å². The van der Waals surface area contributed by atoms with Crippen molar-refractivity contribution in [2.75, 3.05) is 38.2 Å². The molecule has 3 rings (SSSR count). The maximum atomic E-state index is 12.5. The van der Waals surface area contributed by atoms with Gasteiger partial charge in [0.25, 0.3) is 0 Å². The Labute approximate surface area is 168 Å². The number of carbonyl (C=O) groups is 1. The minimum absolute atomic E-state index is 0.00134. The van der Waals surface area contributed by atoms with Crippen LogP contribution in [0.25, 0.3) is 0 Å². The number of nitrogens with one attached hydrogen (secondary N) is 1. The number of carbonyl (C=O) groups excluding carboxylic acids is 1. The van der Waals surface area contributed by atoms with E-state index < -0.39 is 0 Å². The highest BCUT2D eigenvalue weighted by atomic mass is 16.5. The summed E-state index contributed by atoms with van der Waals surface area (Å²) in [5, 5.41) is 3.01. The smallest absolute Gasteiger partial charge is 0.317 e. The van der Waals surface area contributed by atoms with Gasteiger partial charge in [0.05, 0.1) is 7.11 Å². The predicted molar refractivity (Wildman–Crippen MR) is 114 cm³/mol. The van der Waals surface area contributed by atoms with Crippen molar-refractivity contribution in [3.63, 3.8) is 0 Å². The van der Waals surface area contributed by atoms with E-state index in [2.05, 4.69) is 55.3 Å². The molecule has 1 heterocycles. The summed E-state index contributed by atoms with van der Waals surface area (Å²) in [7, 11) is 1.65. The summed E-state index contributed by atoms with van der Waals surface area (Å²) in [4.78, 5) is 16.7. The second-order valence-electron chi connectivity index (χ2n) is 8.28. The normalized spacial score (nSPS) is 14.7. The van der Waals surface area contributed by atoms with Gasteiger partial charge < -0.3 is 19.9 Å². The lowest BCUT2D eigenvalue weighted by Crippen LogP contribution is -2.51. The zero-order valence-corrected chi connectivity index (χ0v) is 17.4. The maximum absolute atomic E-state index is 12.5. The van der Waals surface area contributed by atoms with Gasteiger partial charge in [0.2, 0.25) is 0 Å². The van der Waals surface area contributed by atoms with Crippen LogP contribution in [0.2, 0.25) is 0 Å². The molecule has 0 unspecified atom stereocenters. The molecule has 1 fully saturated rings. The van der Waals surface area contributed by atoms with E-state index in [4.69, 9.17) is 4.74 Å². The average molecular weight is 382 g/mol. The number of anilines is 1. The fourth-order valence-electron chi connectivity index (χ4n) is 3.37. The van der Waals surface area contributed by atoms with Gasteiger partial charge in [-0.1, -0.05) is 45.0 Å². The number of rotatable bonds is 4. The maximum Gasteiger partial charge on any atom is 0.317 e. The average Bonchev–Trinajstić information content (AvgIpc) is 2.72. The third-order valence-corrected chi connectivity index (χ3v) is 5.27. The molecule has 0 bridgehead atoms. The quantitative estimate of drug-likeness (QED) is 0.870. The highest BCUT2D eigenvalue weighted by Gasteiger charge is 2.21. The van der Waals surface area contributed by atoms with E-state index in [-0.39, 0.29) is 11.4 Å². The van der Waals surface area contributed by atoms with Crippen LogP contribution in [0.15, 0.2) is 48.5 Å². The Morgan fingerprint density at radius 3 is 2.11 bits per heavy atom. The van der Waals surface area contributed by atoms with Crippen LogP contribution in [0, 0.1) is 0 Å². The molecule has 1 N–H and O–H groups in total. The first-order chi connectivity index (χ1) is 13.4. The van der Waals surface area contributed by atoms with Crippen LogP contribution in [-0.4, -0.2) is 44.2 Å². The van der Waals surface area contributed by atoms with E-state index in [1.54, 1.807) is 7.11 Å². The Morgan fingerprint density at radius 1 is 0.964 bits per heavy atom. The molecule has 5 heteroatoms. The van der Waals surface area contributed by atoms with Crippen LogP contribution < -0.4 is 15.0 Å². The van der Waals surface area contributed by atoms with Gasteiger partial charge in [-0.15, -0.1) is 0 Å². The zero-order chi connectivity index (χ0) is 20.1. The Balaban J connectivity index is 1.48. The lowest BCUT2D eigenvalue weighted by atomic mass is 9.87. The van der Waals surface area contributed by atoms with Crippen LogP contribution in [-0.2, 0) is 12.0 Å². The molecular weight excluding hydrogens is 350 g/mol. The first-order valence-corrected chi connectivity index (χ1v) is 9.88. The molecule has 1 aliphatic rings. The molecule has 0 aromatic heterocycles. The van der Waals surface area contributed by atoms with Gasteiger partial charge in [0.1, 0.15) is 5.75 Å². The topological polar surface area (TPSA) is 44.8 Å². The first kappa shape index (κ1) is 20.1. The summed E-state index contributed by atoms with van der Waals surface area (Å²) < 4.78 is 5.16. The largest absolute Gasteiger partial charge is 0.497 e. The molecule has 2 amide bonds. The van der Waals surface area contributed by atoms with Gasteiger partial charge in [0, 0.05) is 38.4 Å². The van der Waals surface area contributed by atoms with E-state index >= 15 is 0 Å². The Hall–Kier alpha value is -2.69. The van der Waals surface area contributed by atoms with E-state index in [9.17, 15) is 4.79 Å². The van der Waals surface area contributed by atoms with E-state index in [1.165, 1.54) is 11.3 Å². The summed E-state index contributed by atoms with van der Waals surface area (Å²) in [6, 6.07) is 16.6. The van der Waals surface area contributed by atoms with Gasteiger partial charge in [-0.05, 0) is 40.8 Å². The Kier molecular flexibility index (Phi) is 6.12. The van der Waals surface area contributed by atoms with Crippen LogP contribution in [0.1, 0.15) is 31.9 Å². The number of hydrogen-bond donors (Lipinski definition) is 1. The number of amides is 2. The molecule has 0 spiro atoms. The first-order valence-electron chi connectivity index (χ1n) is 9.88. The number of ether oxygens (including phenoxy) is 1. The van der Waals surface area contributed by atoms with Gasteiger partial charge in [-0.3, -0.25) is 0 Å². The molecule has 2 aromatic rings. The minimum Gasteiger partial charge on any atom is -0.497 e. The van der Waals surface area contributed by atoms with Crippen molar-refractivity contribution < 1.29 is 9.53 Å². The van der Waals surface area contributed by atoms with Gasteiger partial charge >= 0.3 is 6.03 Å². The molecule has 2 aromatic carbocycles. The zero-order valence-electron chi connectivity index (χ0n) is 17.4. The van der Waals surface area contributed by atoms with Gasteiger partial charge in [0.15, 0.2) is 0 Å². The molecule has 1 saturated heterocycles. The van der Waals surface area contributed by atoms with Crippen LogP contribution in [0.4, 0.5) is 10.5 Å². The summed E-state index contributed by atoms with van der Waals surface area (Å²) in [5.74, 6) is 0.821. The van der Waals surface area contributed by atoms with Crippen LogP contribution in [0.3, 0.4) is 0 Å². The summed E-state index contributed by atoms with van der Waals surface area (Å²) in [6.45, 7) is 10.4. The standard InChI is InChI=1S/C23H31N3O2/c1-23(2,3)19-7-9-20(10-8-19)25-13-15-26(16-14-25)22(27)24-17-18-5-11-21(28-4)12-6-18/h5-12H,13-17H2,1-4H3,(H,24,27). The molecule has 0 saturated carbocycles. The number of methoxy groups -OCH3 is 1. The number of urea groups is 1. The molecule has 0 radical (unpaired) electrons. The third-order valence-electron chi connectivity index (χ3n) is 5.27. The highest BCUT2D eigenvalue weighted by molar-refractivity contribution is 5.74. The van der Waals surface area contributed by atoms with Crippen molar-refractivity contribution in [2.24, 2.45) is 0 Å². The van der Waals surface area contributed by atoms with E-state index in [1.807, 2.05) is 29.2 Å². The Morgan fingerprint density at radius 2 is 1.57 bits per heavy atom. The van der Waals surface area contributed by atoms with Gasteiger partial charge in [-0.2, -0.15) is 0 Å². The van der Waals surface area contributed by atoms with Crippen molar-refractivity contribution in [1.82, 2.24) is 10.2 Å². The third kappa shape index (κ3) is 4.97. The molecule has 1 aliphatic heterocycles. The fraction of sp³-hybridized carbons (Fsp3) is 0.435. The van der Waals surface area contributed by atoms with Crippen molar-refractivity contribution in [2.45, 2.75) is 32.7 Å². The highest BCUT2D eigenvalue weighted by Crippen LogP contribution is 2.25.